The Hall–Kier alpha value is -1.42. The summed E-state index contributed by atoms with van der Waals surface area (Å²) >= 11 is 6.31. The number of likely N-dealkylation sites (tertiary alicyclic amines) is 1. The number of nitrogens with zero attached hydrogens (tertiary/aromatic N) is 2. The van der Waals surface area contributed by atoms with E-state index in [1.165, 1.54) is 28.5 Å². The number of nitrogens with two attached hydrogens (primary N) is 1. The van der Waals surface area contributed by atoms with Gasteiger partial charge >= 0.3 is 5.97 Å². The summed E-state index contributed by atoms with van der Waals surface area (Å²) in [4.78, 5) is 29.2. The van der Waals surface area contributed by atoms with E-state index in [0.29, 0.717) is 23.1 Å². The summed E-state index contributed by atoms with van der Waals surface area (Å²) in [5.41, 5.74) is 8.71. The van der Waals surface area contributed by atoms with Crippen LogP contribution in [0.15, 0.2) is 32.4 Å². The topological polar surface area (TPSA) is 96.5 Å². The number of amides is 1. The molecule has 0 saturated carbocycles. The highest BCUT2D eigenvalue weighted by atomic mass is 79.9. The Kier molecular flexibility index (Phi) is 6.56. The summed E-state index contributed by atoms with van der Waals surface area (Å²) in [6, 6.07) is 5.80. The van der Waals surface area contributed by atoms with Gasteiger partial charge in [0.2, 0.25) is 5.91 Å². The molecule has 0 spiro atoms. The third-order valence-electron chi connectivity index (χ3n) is 4.63. The van der Waals surface area contributed by atoms with E-state index in [9.17, 15) is 9.59 Å². The number of aromatic carboxylic acids is 1. The van der Waals surface area contributed by atoms with Gasteiger partial charge in [0, 0.05) is 28.6 Å². The lowest BCUT2D eigenvalue weighted by molar-refractivity contribution is -0.128. The Morgan fingerprint density at radius 1 is 1.56 bits per heavy atom. The van der Waals surface area contributed by atoms with Crippen LogP contribution < -0.4 is 5.73 Å². The number of hydrogen-bond acceptors (Lipinski definition) is 6. The first kappa shape index (κ1) is 20.3. The maximum atomic E-state index is 12.3. The van der Waals surface area contributed by atoms with Crippen LogP contribution in [0.3, 0.4) is 0 Å². The minimum atomic E-state index is -1.02. The Bertz CT molecular complexity index is 858. The molecule has 1 aliphatic rings. The zero-order chi connectivity index (χ0) is 19.6. The Morgan fingerprint density at radius 2 is 2.33 bits per heavy atom. The molecule has 1 amide bonds. The molecule has 0 bridgehead atoms. The highest BCUT2D eigenvalue weighted by Crippen LogP contribution is 2.31. The molecule has 27 heavy (non-hydrogen) atoms. The van der Waals surface area contributed by atoms with Crippen molar-refractivity contribution in [3.8, 4) is 0 Å². The van der Waals surface area contributed by atoms with Gasteiger partial charge in [-0.1, -0.05) is 39.8 Å². The molecular formula is C18H20BrN3O3S2. The second kappa shape index (κ2) is 8.72. The fraction of sp³-hybridized carbons (Fsp3) is 0.389. The minimum Gasteiger partial charge on any atom is -0.476 e. The zero-order valence-electron chi connectivity index (χ0n) is 14.7. The quantitative estimate of drug-likeness (QED) is 0.600. The summed E-state index contributed by atoms with van der Waals surface area (Å²) in [6.45, 7) is 2.59. The van der Waals surface area contributed by atoms with Crippen molar-refractivity contribution in [2.45, 2.75) is 36.2 Å². The van der Waals surface area contributed by atoms with Gasteiger partial charge in [0.15, 0.2) is 10.0 Å². The van der Waals surface area contributed by atoms with Crippen molar-refractivity contribution in [1.29, 1.82) is 0 Å². The van der Waals surface area contributed by atoms with Crippen molar-refractivity contribution < 1.29 is 14.7 Å². The van der Waals surface area contributed by atoms with Crippen molar-refractivity contribution in [2.24, 2.45) is 5.73 Å². The standard InChI is InChI=1S/C18H20BrN3O3S2/c1-10-2-3-11(8-12(10)19)16(20)14-4-5-15(23)22(14)6-7-26-18-21-13(9-27-18)17(24)25/h2-3,8-9,14,16H,4-7,20H2,1H3,(H,24,25)/t14-,16?/m1/s1. The van der Waals surface area contributed by atoms with Gasteiger partial charge in [-0.05, 0) is 30.5 Å². The Morgan fingerprint density at radius 3 is 3.00 bits per heavy atom. The molecule has 3 rings (SSSR count). The SMILES string of the molecule is Cc1ccc(C(N)[C@H]2CCC(=O)N2CCSc2nc(C(=O)O)cs2)cc1Br. The predicted octanol–water partition coefficient (Wildman–Crippen LogP) is 3.70. The second-order valence-corrected chi connectivity index (χ2v) is 9.43. The number of carbonyl (C=O) groups is 2. The number of aromatic nitrogens is 1. The summed E-state index contributed by atoms with van der Waals surface area (Å²) in [6.07, 6.45) is 1.26. The lowest BCUT2D eigenvalue weighted by atomic mass is 9.97. The van der Waals surface area contributed by atoms with Crippen LogP contribution in [0.2, 0.25) is 0 Å². The molecule has 2 atom stereocenters. The molecule has 0 aliphatic carbocycles. The molecule has 6 nitrogen and oxygen atoms in total. The molecule has 2 aromatic rings. The molecule has 1 aromatic heterocycles. The van der Waals surface area contributed by atoms with Crippen LogP contribution in [0, 0.1) is 6.92 Å². The maximum absolute atomic E-state index is 12.3. The van der Waals surface area contributed by atoms with Crippen LogP contribution >= 0.6 is 39.0 Å². The third kappa shape index (κ3) is 4.71. The van der Waals surface area contributed by atoms with E-state index < -0.39 is 5.97 Å². The molecule has 3 N–H and O–H groups in total. The Labute approximate surface area is 174 Å². The summed E-state index contributed by atoms with van der Waals surface area (Å²) in [5.74, 6) is -0.255. The fourth-order valence-electron chi connectivity index (χ4n) is 3.11. The van der Waals surface area contributed by atoms with E-state index in [1.54, 1.807) is 0 Å². The van der Waals surface area contributed by atoms with Gasteiger partial charge in [0.25, 0.3) is 0 Å². The molecular weight excluding hydrogens is 450 g/mol. The molecule has 2 heterocycles. The number of aryl methyl sites for hydroxylation is 1. The van der Waals surface area contributed by atoms with Crippen LogP contribution in [-0.4, -0.2) is 45.2 Å². The van der Waals surface area contributed by atoms with E-state index in [1.807, 2.05) is 30.0 Å². The second-order valence-electron chi connectivity index (χ2n) is 6.38. The van der Waals surface area contributed by atoms with Crippen molar-refractivity contribution >= 4 is 50.9 Å². The highest BCUT2D eigenvalue weighted by Gasteiger charge is 2.35. The monoisotopic (exact) mass is 469 g/mol. The average Bonchev–Trinajstić information content (AvgIpc) is 3.24. The molecule has 144 valence electrons. The molecule has 9 heteroatoms. The highest BCUT2D eigenvalue weighted by molar-refractivity contribution is 9.10. The third-order valence-corrected chi connectivity index (χ3v) is 7.49. The first-order valence-corrected chi connectivity index (χ1v) is 11.2. The van der Waals surface area contributed by atoms with Gasteiger partial charge in [-0.25, -0.2) is 9.78 Å². The smallest absolute Gasteiger partial charge is 0.355 e. The summed E-state index contributed by atoms with van der Waals surface area (Å²) in [7, 11) is 0. The number of carbonyl (C=O) groups excluding carboxylic acids is 1. The zero-order valence-corrected chi connectivity index (χ0v) is 17.9. The van der Waals surface area contributed by atoms with Gasteiger partial charge in [0.1, 0.15) is 0 Å². The maximum Gasteiger partial charge on any atom is 0.355 e. The number of benzene rings is 1. The van der Waals surface area contributed by atoms with Gasteiger partial charge in [-0.3, -0.25) is 4.79 Å². The first-order valence-electron chi connectivity index (χ1n) is 8.49. The van der Waals surface area contributed by atoms with Gasteiger partial charge in [-0.15, -0.1) is 11.3 Å². The van der Waals surface area contributed by atoms with Crippen molar-refractivity contribution in [1.82, 2.24) is 9.88 Å². The van der Waals surface area contributed by atoms with E-state index in [2.05, 4.69) is 20.9 Å². The largest absolute Gasteiger partial charge is 0.476 e. The van der Waals surface area contributed by atoms with Crippen LogP contribution in [-0.2, 0) is 4.79 Å². The number of thiazole rings is 1. The lowest BCUT2D eigenvalue weighted by Gasteiger charge is -2.30. The lowest BCUT2D eigenvalue weighted by Crippen LogP contribution is -2.41. The van der Waals surface area contributed by atoms with Crippen LogP contribution in [0.25, 0.3) is 0 Å². The average molecular weight is 470 g/mol. The Balaban J connectivity index is 1.63. The number of halogens is 1. The molecule has 1 aliphatic heterocycles. The molecule has 0 radical (unpaired) electrons. The number of hydrogen-bond donors (Lipinski definition) is 2. The summed E-state index contributed by atoms with van der Waals surface area (Å²) in [5, 5.41) is 10.5. The van der Waals surface area contributed by atoms with Gasteiger partial charge in [-0.2, -0.15) is 0 Å². The number of thioether (sulfide) groups is 1. The molecule has 1 aromatic carbocycles. The predicted molar refractivity (Wildman–Crippen MR) is 110 cm³/mol. The summed E-state index contributed by atoms with van der Waals surface area (Å²) < 4.78 is 1.71. The van der Waals surface area contributed by atoms with E-state index in [-0.39, 0.29) is 23.7 Å². The number of carboxylic acids is 1. The van der Waals surface area contributed by atoms with E-state index in [0.717, 1.165) is 22.0 Å². The normalized spacial score (nSPS) is 18.1. The van der Waals surface area contributed by atoms with Crippen molar-refractivity contribution in [2.75, 3.05) is 12.3 Å². The van der Waals surface area contributed by atoms with Gasteiger partial charge < -0.3 is 15.7 Å². The van der Waals surface area contributed by atoms with Crippen LogP contribution in [0.4, 0.5) is 0 Å². The van der Waals surface area contributed by atoms with Crippen LogP contribution in [0.5, 0.6) is 0 Å². The van der Waals surface area contributed by atoms with Crippen molar-refractivity contribution in [3.63, 3.8) is 0 Å². The fourth-order valence-corrected chi connectivity index (χ4v) is 5.32. The minimum absolute atomic E-state index is 0.0291. The number of rotatable bonds is 7. The van der Waals surface area contributed by atoms with E-state index >= 15 is 0 Å². The molecule has 1 fully saturated rings. The van der Waals surface area contributed by atoms with Gasteiger partial charge in [0.05, 0.1) is 12.1 Å². The van der Waals surface area contributed by atoms with Crippen molar-refractivity contribution in [3.05, 3.63) is 44.9 Å². The molecule has 1 saturated heterocycles. The number of carboxylic acid groups (broad SMARTS) is 1. The first-order chi connectivity index (χ1) is 12.9. The van der Waals surface area contributed by atoms with Crippen LogP contribution in [0.1, 0.15) is 40.5 Å². The van der Waals surface area contributed by atoms with E-state index in [4.69, 9.17) is 10.8 Å². The molecule has 1 unspecified atom stereocenters.